The molecular weight excluding hydrogens is 488 g/mol. The first kappa shape index (κ1) is 36.9. The molecule has 0 spiro atoms. The van der Waals surface area contributed by atoms with E-state index >= 15 is 0 Å². The quantitative estimate of drug-likeness (QED) is 0.0998. The van der Waals surface area contributed by atoms with E-state index in [4.69, 9.17) is 4.74 Å². The van der Waals surface area contributed by atoms with Gasteiger partial charge in [-0.15, -0.1) is 0 Å². The van der Waals surface area contributed by atoms with E-state index < -0.39 is 0 Å². The number of ether oxygens (including phenoxy) is 1. The van der Waals surface area contributed by atoms with Gasteiger partial charge in [-0.2, -0.15) is 0 Å². The molecule has 0 atom stereocenters. The van der Waals surface area contributed by atoms with Gasteiger partial charge in [0.2, 0.25) is 0 Å². The molecule has 2 heteroatoms. The molecule has 0 bridgehead atoms. The lowest BCUT2D eigenvalue weighted by Crippen LogP contribution is -2.05. The lowest BCUT2D eigenvalue weighted by atomic mass is 10.0. The van der Waals surface area contributed by atoms with Gasteiger partial charge in [0.15, 0.2) is 0 Å². The second kappa shape index (κ2) is 27.4. The van der Waals surface area contributed by atoms with E-state index in [1.54, 1.807) is 6.92 Å². The number of hydrogen-bond acceptors (Lipinski definition) is 2. The summed E-state index contributed by atoms with van der Waals surface area (Å²) in [6.07, 6.45) is 24.3. The number of carbonyl (C=O) groups is 1. The molecule has 2 aromatic rings. The van der Waals surface area contributed by atoms with E-state index in [1.807, 2.05) is 72.8 Å². The third kappa shape index (κ3) is 21.8. The van der Waals surface area contributed by atoms with Gasteiger partial charge in [0.1, 0.15) is 0 Å². The Morgan fingerprint density at radius 1 is 0.625 bits per heavy atom. The normalized spacial score (nSPS) is 9.75. The van der Waals surface area contributed by atoms with Crippen LogP contribution in [-0.2, 0) is 9.53 Å². The number of unbranched alkanes of at least 4 members (excludes halogenated alkanes) is 13. The van der Waals surface area contributed by atoms with Gasteiger partial charge in [0.25, 0.3) is 0 Å². The summed E-state index contributed by atoms with van der Waals surface area (Å²) in [7, 11) is 0. The molecule has 0 saturated carbocycles. The van der Waals surface area contributed by atoms with E-state index in [2.05, 4.69) is 33.2 Å². The first-order valence-corrected chi connectivity index (χ1v) is 15.3. The van der Waals surface area contributed by atoms with Gasteiger partial charge < -0.3 is 4.74 Å². The van der Waals surface area contributed by atoms with Crippen LogP contribution in [0.4, 0.5) is 0 Å². The van der Waals surface area contributed by atoms with Crippen LogP contribution in [0.1, 0.15) is 120 Å². The maximum Gasteiger partial charge on any atom is 0.333 e. The van der Waals surface area contributed by atoms with Crippen LogP contribution in [0.15, 0.2) is 86.5 Å². The monoisotopic (exact) mass is 544 g/mol. The number of benzene rings is 2. The minimum atomic E-state index is -0.255. The molecule has 2 rings (SSSR count). The highest BCUT2D eigenvalue weighted by atomic mass is 16.5. The van der Waals surface area contributed by atoms with Gasteiger partial charge in [-0.3, -0.25) is 0 Å². The van der Waals surface area contributed by atoms with Crippen LogP contribution in [0.3, 0.4) is 0 Å². The summed E-state index contributed by atoms with van der Waals surface area (Å²) < 4.78 is 5.07. The molecule has 0 aliphatic carbocycles. The van der Waals surface area contributed by atoms with Crippen LogP contribution in [0.25, 0.3) is 18.2 Å². The van der Waals surface area contributed by atoms with Gasteiger partial charge in [-0.05, 0) is 30.0 Å². The average Bonchev–Trinajstić information content (AvgIpc) is 2.99. The van der Waals surface area contributed by atoms with Gasteiger partial charge in [0.05, 0.1) is 6.61 Å². The van der Waals surface area contributed by atoms with Crippen molar-refractivity contribution in [1.29, 1.82) is 0 Å². The smallest absolute Gasteiger partial charge is 0.333 e. The van der Waals surface area contributed by atoms with Gasteiger partial charge in [0, 0.05) is 5.57 Å². The fraction of sp³-hybridized carbons (Fsp3) is 0.447. The van der Waals surface area contributed by atoms with E-state index in [0.717, 1.165) is 17.5 Å². The molecule has 0 amide bonds. The molecule has 0 fully saturated rings. The summed E-state index contributed by atoms with van der Waals surface area (Å²) in [6.45, 7) is 19.1. The minimum absolute atomic E-state index is 0.255. The number of esters is 1. The Morgan fingerprint density at radius 2 is 1.02 bits per heavy atom. The maximum absolute atomic E-state index is 11.2. The van der Waals surface area contributed by atoms with Gasteiger partial charge >= 0.3 is 5.97 Å². The molecule has 0 aromatic heterocycles. The van der Waals surface area contributed by atoms with Gasteiger partial charge in [-0.25, -0.2) is 4.79 Å². The van der Waals surface area contributed by atoms with Crippen molar-refractivity contribution in [3.05, 3.63) is 103 Å². The molecular formula is C38H56O2. The summed E-state index contributed by atoms with van der Waals surface area (Å²) >= 11 is 0. The van der Waals surface area contributed by atoms with Crippen molar-refractivity contribution in [3.8, 4) is 0 Å². The molecule has 220 valence electrons. The zero-order valence-corrected chi connectivity index (χ0v) is 25.7. The zero-order chi connectivity index (χ0) is 29.7. The molecule has 0 aliphatic heterocycles. The van der Waals surface area contributed by atoms with Crippen molar-refractivity contribution in [3.63, 3.8) is 0 Å². The van der Waals surface area contributed by atoms with Crippen molar-refractivity contribution in [2.75, 3.05) is 6.61 Å². The molecule has 0 heterocycles. The zero-order valence-electron chi connectivity index (χ0n) is 25.7. The Hall–Kier alpha value is -3.13. The fourth-order valence-electron chi connectivity index (χ4n) is 4.06. The Bertz CT molecular complexity index is 899. The second-order valence-electron chi connectivity index (χ2n) is 10.2. The first-order chi connectivity index (χ1) is 19.5. The lowest BCUT2D eigenvalue weighted by Gasteiger charge is -2.04. The molecule has 0 aliphatic rings. The topological polar surface area (TPSA) is 26.3 Å². The highest BCUT2D eigenvalue weighted by Gasteiger charge is 2.01. The molecule has 0 unspecified atom stereocenters. The Morgan fingerprint density at radius 3 is 1.38 bits per heavy atom. The van der Waals surface area contributed by atoms with Crippen LogP contribution in [-0.4, -0.2) is 12.6 Å². The standard InChI is InChI=1S/C20H38O2.C10H10.C8H8/c1-4-5-6-7-8-9-10-11-12-13-14-15-16-17-18-22-20(21)19(2)3;1-3-9-7-5-6-8-10(9)4-2;1-2-8-6-4-3-5-7-8/h2,4-18H2,1,3H3;3-8H,1-2H2;2-7H,1H2. The van der Waals surface area contributed by atoms with Crippen molar-refractivity contribution < 1.29 is 9.53 Å². The predicted octanol–water partition coefficient (Wildman–Crippen LogP) is 11.9. The highest BCUT2D eigenvalue weighted by molar-refractivity contribution is 5.86. The molecule has 40 heavy (non-hydrogen) atoms. The van der Waals surface area contributed by atoms with Crippen molar-refractivity contribution in [2.24, 2.45) is 0 Å². The highest BCUT2D eigenvalue weighted by Crippen LogP contribution is 2.13. The maximum atomic E-state index is 11.2. The summed E-state index contributed by atoms with van der Waals surface area (Å²) in [5, 5.41) is 0. The van der Waals surface area contributed by atoms with Crippen LogP contribution in [0.2, 0.25) is 0 Å². The Balaban J connectivity index is 0.000000682. The van der Waals surface area contributed by atoms with Crippen LogP contribution in [0, 0.1) is 0 Å². The molecule has 0 saturated heterocycles. The van der Waals surface area contributed by atoms with Crippen molar-refractivity contribution >= 4 is 24.2 Å². The van der Waals surface area contributed by atoms with E-state index in [0.29, 0.717) is 12.2 Å². The summed E-state index contributed by atoms with van der Waals surface area (Å²) in [5.74, 6) is -0.255. The number of hydrogen-bond donors (Lipinski definition) is 0. The van der Waals surface area contributed by atoms with Crippen LogP contribution in [0.5, 0.6) is 0 Å². The van der Waals surface area contributed by atoms with E-state index in [-0.39, 0.29) is 5.97 Å². The summed E-state index contributed by atoms with van der Waals surface area (Å²) in [5.41, 5.74) is 3.94. The first-order valence-electron chi connectivity index (χ1n) is 15.3. The number of rotatable bonds is 19. The second-order valence-corrected chi connectivity index (χ2v) is 10.2. The third-order valence-electron chi connectivity index (χ3n) is 6.55. The fourth-order valence-corrected chi connectivity index (χ4v) is 4.06. The van der Waals surface area contributed by atoms with Gasteiger partial charge in [-0.1, -0.05) is 190 Å². The summed E-state index contributed by atoms with van der Waals surface area (Å²) in [6, 6.07) is 18.0. The SMILES string of the molecule is C=C(C)C(=O)OCCCCCCCCCCCCCCCC.C=Cc1ccccc1.C=Cc1ccccc1C=C. The van der Waals surface area contributed by atoms with Crippen molar-refractivity contribution in [2.45, 2.75) is 104 Å². The Labute approximate surface area is 247 Å². The molecule has 0 radical (unpaired) electrons. The van der Waals surface area contributed by atoms with Crippen LogP contribution < -0.4 is 0 Å². The lowest BCUT2D eigenvalue weighted by molar-refractivity contribution is -0.139. The Kier molecular flexibility index (Phi) is 25.3. The van der Waals surface area contributed by atoms with Crippen molar-refractivity contribution in [1.82, 2.24) is 0 Å². The molecule has 0 N–H and O–H groups in total. The average molecular weight is 545 g/mol. The van der Waals surface area contributed by atoms with Crippen LogP contribution >= 0.6 is 0 Å². The molecule has 2 nitrogen and oxygen atoms in total. The third-order valence-corrected chi connectivity index (χ3v) is 6.55. The summed E-state index contributed by atoms with van der Waals surface area (Å²) in [4.78, 5) is 11.2. The van der Waals surface area contributed by atoms with E-state index in [1.165, 1.54) is 89.0 Å². The minimum Gasteiger partial charge on any atom is -0.462 e. The molecule has 2 aromatic carbocycles. The van der Waals surface area contributed by atoms with E-state index in [9.17, 15) is 4.79 Å². The number of carbonyl (C=O) groups excluding carboxylic acids is 1. The predicted molar refractivity (Wildman–Crippen MR) is 179 cm³/mol. The largest absolute Gasteiger partial charge is 0.462 e.